The Hall–Kier alpha value is -1.15. The van der Waals surface area contributed by atoms with Crippen LogP contribution in [0.4, 0.5) is 0 Å². The summed E-state index contributed by atoms with van der Waals surface area (Å²) in [6.45, 7) is 3.27. The number of aliphatic hydroxyl groups excluding tert-OH is 5. The highest BCUT2D eigenvalue weighted by Gasteiger charge is 2.51. The molecule has 0 radical (unpaired) electrons. The molecule has 0 bridgehead atoms. The van der Waals surface area contributed by atoms with Crippen molar-refractivity contribution in [3.05, 3.63) is 0 Å². The summed E-state index contributed by atoms with van der Waals surface area (Å²) < 4.78 is 33.4. The molecule has 0 heterocycles. The molecule has 314 valence electrons. The van der Waals surface area contributed by atoms with Gasteiger partial charge in [-0.05, 0) is 12.8 Å². The van der Waals surface area contributed by atoms with Gasteiger partial charge >= 0.3 is 19.8 Å². The van der Waals surface area contributed by atoms with Gasteiger partial charge < -0.3 is 39.9 Å². The smallest absolute Gasteiger partial charge is 0.462 e. The number of ether oxygens (including phenoxy) is 2. The maximum absolute atomic E-state index is 12.7. The number of rotatable bonds is 34. The first kappa shape index (κ1) is 49.9. The molecule has 0 saturated heterocycles. The summed E-state index contributed by atoms with van der Waals surface area (Å²) in [5.74, 6) is -1.09. The number of aliphatic hydroxyl groups is 5. The number of phosphoric ester groups is 1. The monoisotopic (exact) mass is 782 g/mol. The first-order chi connectivity index (χ1) is 25.4. The molecule has 13 nitrogen and oxygen atoms in total. The minimum atomic E-state index is -5.10. The van der Waals surface area contributed by atoms with Gasteiger partial charge in [0.25, 0.3) is 0 Å². The second-order valence-corrected chi connectivity index (χ2v) is 16.3. The molecule has 1 aliphatic carbocycles. The predicted molar refractivity (Wildman–Crippen MR) is 203 cm³/mol. The van der Waals surface area contributed by atoms with Crippen LogP contribution < -0.4 is 0 Å². The zero-order valence-electron chi connectivity index (χ0n) is 32.8. The van der Waals surface area contributed by atoms with E-state index in [1.165, 1.54) is 96.3 Å². The van der Waals surface area contributed by atoms with E-state index in [9.17, 15) is 44.6 Å². The molecule has 53 heavy (non-hydrogen) atoms. The normalized spacial score (nSPS) is 23.4. The molecule has 14 heteroatoms. The molecule has 0 spiro atoms. The molecule has 0 amide bonds. The Morgan fingerprint density at radius 3 is 1.25 bits per heavy atom. The third-order valence-electron chi connectivity index (χ3n) is 9.95. The Labute approximate surface area is 319 Å². The van der Waals surface area contributed by atoms with Gasteiger partial charge in [0, 0.05) is 12.8 Å². The van der Waals surface area contributed by atoms with Crippen molar-refractivity contribution in [1.82, 2.24) is 0 Å². The van der Waals surface area contributed by atoms with E-state index in [1.807, 2.05) is 0 Å². The number of hydrogen-bond acceptors (Lipinski definition) is 12. The minimum absolute atomic E-state index is 0.103. The molecule has 1 fully saturated rings. The van der Waals surface area contributed by atoms with Crippen LogP contribution in [0.2, 0.25) is 0 Å². The zero-order chi connectivity index (χ0) is 39.3. The second-order valence-electron chi connectivity index (χ2n) is 14.9. The van der Waals surface area contributed by atoms with Crippen LogP contribution in [0.1, 0.15) is 181 Å². The molecule has 1 aliphatic rings. The summed E-state index contributed by atoms with van der Waals surface area (Å²) >= 11 is 0. The molecule has 0 aliphatic heterocycles. The molecular weight excluding hydrogens is 707 g/mol. The number of carbonyl (C=O) groups excluding carboxylic acids is 2. The van der Waals surface area contributed by atoms with Crippen molar-refractivity contribution in [3.8, 4) is 0 Å². The molecule has 8 atom stereocenters. The van der Waals surface area contributed by atoms with Crippen molar-refractivity contribution in [1.29, 1.82) is 0 Å². The maximum Gasteiger partial charge on any atom is 0.472 e. The summed E-state index contributed by atoms with van der Waals surface area (Å²) in [6.07, 6.45) is 14.6. The lowest BCUT2D eigenvalue weighted by atomic mass is 9.85. The van der Waals surface area contributed by atoms with E-state index in [1.54, 1.807) is 0 Å². The van der Waals surface area contributed by atoms with Crippen LogP contribution in [-0.4, -0.2) is 98.3 Å². The molecule has 6 N–H and O–H groups in total. The van der Waals surface area contributed by atoms with Gasteiger partial charge in [0.1, 0.15) is 43.2 Å². The first-order valence-corrected chi connectivity index (χ1v) is 22.3. The number of hydrogen-bond donors (Lipinski definition) is 6. The Morgan fingerprint density at radius 1 is 0.509 bits per heavy atom. The van der Waals surface area contributed by atoms with Gasteiger partial charge in [-0.15, -0.1) is 0 Å². The Morgan fingerprint density at radius 2 is 0.849 bits per heavy atom. The number of esters is 2. The van der Waals surface area contributed by atoms with Crippen molar-refractivity contribution < 1.29 is 63.1 Å². The van der Waals surface area contributed by atoms with Crippen LogP contribution in [0.3, 0.4) is 0 Å². The second kappa shape index (κ2) is 31.0. The highest BCUT2D eigenvalue weighted by Crippen LogP contribution is 2.47. The molecule has 0 aromatic carbocycles. The molecule has 0 aromatic rings. The summed E-state index contributed by atoms with van der Waals surface area (Å²) in [6, 6.07) is 0. The third-order valence-corrected chi connectivity index (χ3v) is 10.9. The average Bonchev–Trinajstić information content (AvgIpc) is 3.13. The van der Waals surface area contributed by atoms with E-state index >= 15 is 0 Å². The predicted octanol–water partition coefficient (Wildman–Crippen LogP) is 6.94. The summed E-state index contributed by atoms with van der Waals surface area (Å²) in [7, 11) is -5.10. The average molecular weight is 783 g/mol. The minimum Gasteiger partial charge on any atom is -0.462 e. The lowest BCUT2D eigenvalue weighted by Crippen LogP contribution is -2.64. The largest absolute Gasteiger partial charge is 0.472 e. The third kappa shape index (κ3) is 24.2. The lowest BCUT2D eigenvalue weighted by molar-refractivity contribution is -0.220. The quantitative estimate of drug-likeness (QED) is 0.0222. The Bertz CT molecular complexity index is 954. The lowest BCUT2D eigenvalue weighted by Gasteiger charge is -2.41. The van der Waals surface area contributed by atoms with Crippen LogP contribution in [0.15, 0.2) is 0 Å². The van der Waals surface area contributed by atoms with Gasteiger partial charge in [0.05, 0.1) is 6.61 Å². The summed E-state index contributed by atoms with van der Waals surface area (Å²) in [5.41, 5.74) is 0. The van der Waals surface area contributed by atoms with Crippen LogP contribution in [0.5, 0.6) is 0 Å². The number of phosphoric acid groups is 1. The van der Waals surface area contributed by atoms with Gasteiger partial charge in [-0.2, -0.15) is 0 Å². The summed E-state index contributed by atoms with van der Waals surface area (Å²) in [5, 5.41) is 49.9. The van der Waals surface area contributed by atoms with E-state index < -0.39 is 75.7 Å². The van der Waals surface area contributed by atoms with E-state index in [4.69, 9.17) is 18.5 Å². The van der Waals surface area contributed by atoms with E-state index in [2.05, 4.69) is 13.8 Å². The highest BCUT2D eigenvalue weighted by molar-refractivity contribution is 7.47. The van der Waals surface area contributed by atoms with Crippen LogP contribution in [-0.2, 0) is 32.7 Å². The Balaban J connectivity index is 2.50. The van der Waals surface area contributed by atoms with Gasteiger partial charge in [-0.25, -0.2) is 4.57 Å². The van der Waals surface area contributed by atoms with Crippen molar-refractivity contribution in [2.75, 3.05) is 13.2 Å². The van der Waals surface area contributed by atoms with Crippen LogP contribution in [0.25, 0.3) is 0 Å². The topological polar surface area (TPSA) is 210 Å². The van der Waals surface area contributed by atoms with E-state index in [0.717, 1.165) is 44.9 Å². The number of unbranched alkanes of at least 4 members (excludes halogenated alkanes) is 22. The van der Waals surface area contributed by atoms with E-state index in [0.29, 0.717) is 12.8 Å². The Kier molecular flexibility index (Phi) is 29.2. The van der Waals surface area contributed by atoms with Gasteiger partial charge in [0.2, 0.25) is 0 Å². The standard InChI is InChI=1S/C39H75O13P/c1-3-5-7-9-11-13-15-16-18-19-21-23-25-27-32(40)49-29-31(51-33(41)28-26-24-22-20-17-14-12-10-8-6-4-2)30-50-53(47,48)52-39-37(45)35(43)34(42)36(44)38(39)46/h31,34-39,42-46H,3-30H2,1-2H3,(H,47,48)/t31-,34?,35-,36?,37?,38?,39?/m1/s1. The maximum atomic E-state index is 12.7. The van der Waals surface area contributed by atoms with Crippen molar-refractivity contribution in [2.24, 2.45) is 0 Å². The fourth-order valence-corrected chi connectivity index (χ4v) is 7.50. The molecule has 6 unspecified atom stereocenters. The van der Waals surface area contributed by atoms with Crippen LogP contribution in [0, 0.1) is 0 Å². The number of carbonyl (C=O) groups is 2. The molecule has 0 aromatic heterocycles. The zero-order valence-corrected chi connectivity index (χ0v) is 33.7. The van der Waals surface area contributed by atoms with Crippen molar-refractivity contribution >= 4 is 19.8 Å². The van der Waals surface area contributed by atoms with Gasteiger partial charge in [-0.1, -0.05) is 155 Å². The highest BCUT2D eigenvalue weighted by atomic mass is 31.2. The first-order valence-electron chi connectivity index (χ1n) is 20.8. The molecule has 1 saturated carbocycles. The summed E-state index contributed by atoms with van der Waals surface area (Å²) in [4.78, 5) is 35.5. The molecular formula is C39H75O13P. The van der Waals surface area contributed by atoms with Crippen LogP contribution >= 0.6 is 7.82 Å². The fraction of sp³-hybridized carbons (Fsp3) is 0.949. The van der Waals surface area contributed by atoms with Gasteiger partial charge in [0.15, 0.2) is 6.10 Å². The van der Waals surface area contributed by atoms with E-state index in [-0.39, 0.29) is 12.8 Å². The van der Waals surface area contributed by atoms with Crippen molar-refractivity contribution in [2.45, 2.75) is 224 Å². The molecule has 1 rings (SSSR count). The van der Waals surface area contributed by atoms with Crippen molar-refractivity contribution in [3.63, 3.8) is 0 Å². The SMILES string of the molecule is CCCCCCCCCCCCCCCC(=O)OC[C@H](COP(=O)(O)OC1C(O)C(O)C(O)[C@@H](O)C1O)OC(=O)CCCCCCCCCCCCC. The van der Waals surface area contributed by atoms with Gasteiger partial charge in [-0.3, -0.25) is 18.6 Å². The fourth-order valence-electron chi connectivity index (χ4n) is 6.52.